The zero-order valence-electron chi connectivity index (χ0n) is 17.9. The van der Waals surface area contributed by atoms with Gasteiger partial charge in [0.25, 0.3) is 0 Å². The van der Waals surface area contributed by atoms with Crippen LogP contribution in [0.1, 0.15) is 11.4 Å². The molecule has 0 radical (unpaired) electrons. The maximum Gasteiger partial charge on any atom is 0.236 e. The monoisotopic (exact) mass is 493 g/mol. The molecule has 4 rings (SSSR count). The Bertz CT molecular complexity index is 1190. The van der Waals surface area contributed by atoms with Crippen LogP contribution in [0.15, 0.2) is 83.9 Å². The van der Waals surface area contributed by atoms with Gasteiger partial charge in [0, 0.05) is 23.2 Å². The number of aromatic nitrogens is 4. The second-order valence-corrected chi connectivity index (χ2v) is 9.80. The van der Waals surface area contributed by atoms with E-state index in [4.69, 9.17) is 0 Å². The molecule has 0 aliphatic carbocycles. The first kappa shape index (κ1) is 23.3. The molecule has 0 bridgehead atoms. The molecule has 168 valence electrons. The van der Waals surface area contributed by atoms with E-state index in [2.05, 4.69) is 39.2 Å². The molecule has 0 spiro atoms. The molecule has 33 heavy (non-hydrogen) atoms. The lowest BCUT2D eigenvalue weighted by atomic mass is 10.2. The van der Waals surface area contributed by atoms with E-state index in [0.29, 0.717) is 16.8 Å². The minimum absolute atomic E-state index is 0.123. The highest BCUT2D eigenvalue weighted by Crippen LogP contribution is 2.26. The maximum atomic E-state index is 12.5. The van der Waals surface area contributed by atoms with E-state index < -0.39 is 0 Å². The molecule has 0 saturated heterocycles. The van der Waals surface area contributed by atoms with Gasteiger partial charge in [-0.2, -0.15) is 0 Å². The van der Waals surface area contributed by atoms with Gasteiger partial charge in [0.2, 0.25) is 5.91 Å². The molecule has 4 aromatic rings. The summed E-state index contributed by atoms with van der Waals surface area (Å²) in [6, 6.07) is 20.2. The van der Waals surface area contributed by atoms with Crippen LogP contribution in [-0.4, -0.2) is 31.4 Å². The molecule has 2 aromatic carbocycles. The van der Waals surface area contributed by atoms with Gasteiger partial charge in [-0.05, 0) is 5.56 Å². The van der Waals surface area contributed by atoms with Crippen LogP contribution in [0.2, 0.25) is 0 Å². The number of hydrogen-bond donors (Lipinski definition) is 1. The van der Waals surface area contributed by atoms with Gasteiger partial charge in [-0.25, -0.2) is 4.98 Å². The first-order valence-electron chi connectivity index (χ1n) is 10.3. The normalized spacial score (nSPS) is 10.8. The maximum absolute atomic E-state index is 12.5. The number of hydrogen-bond acceptors (Lipinski definition) is 7. The number of thioether (sulfide) groups is 2. The van der Waals surface area contributed by atoms with Crippen LogP contribution >= 0.6 is 34.9 Å². The number of carbonyl (C=O) groups excluding carboxylic acids is 1. The van der Waals surface area contributed by atoms with Crippen molar-refractivity contribution in [3.05, 3.63) is 90.1 Å². The fourth-order valence-corrected chi connectivity index (χ4v) is 5.47. The highest BCUT2D eigenvalue weighted by atomic mass is 32.2. The molecule has 0 aliphatic heterocycles. The highest BCUT2D eigenvalue weighted by molar-refractivity contribution is 7.99. The zero-order valence-corrected chi connectivity index (χ0v) is 20.3. The molecule has 2 heterocycles. The number of anilines is 1. The summed E-state index contributed by atoms with van der Waals surface area (Å²) in [6.45, 7) is 4.45. The SMILES string of the molecule is C=CCn1c(CSCc2ccccc2)nnc1SCC(=O)Nc1nc(-c2ccccc2)cs1. The van der Waals surface area contributed by atoms with E-state index in [-0.39, 0.29) is 11.7 Å². The zero-order chi connectivity index (χ0) is 22.9. The molecule has 0 aliphatic rings. The summed E-state index contributed by atoms with van der Waals surface area (Å²) in [5, 5.41) is 14.8. The lowest BCUT2D eigenvalue weighted by molar-refractivity contribution is -0.113. The van der Waals surface area contributed by atoms with Crippen LogP contribution in [0, 0.1) is 0 Å². The Morgan fingerprint density at radius 3 is 2.58 bits per heavy atom. The molecule has 6 nitrogen and oxygen atoms in total. The number of nitrogens with zero attached hydrogens (tertiary/aromatic N) is 4. The summed E-state index contributed by atoms with van der Waals surface area (Å²) >= 11 is 4.57. The fraction of sp³-hybridized carbons (Fsp3) is 0.167. The van der Waals surface area contributed by atoms with Crippen molar-refractivity contribution in [3.8, 4) is 11.3 Å². The van der Waals surface area contributed by atoms with Crippen molar-refractivity contribution in [2.24, 2.45) is 0 Å². The second-order valence-electron chi connectivity index (χ2n) is 7.02. The Hall–Kier alpha value is -2.88. The van der Waals surface area contributed by atoms with Crippen LogP contribution in [0.4, 0.5) is 5.13 Å². The van der Waals surface area contributed by atoms with Crippen LogP contribution in [0.3, 0.4) is 0 Å². The van der Waals surface area contributed by atoms with E-state index in [1.54, 1.807) is 11.8 Å². The van der Waals surface area contributed by atoms with Crippen LogP contribution < -0.4 is 5.32 Å². The van der Waals surface area contributed by atoms with E-state index >= 15 is 0 Å². The number of amides is 1. The largest absolute Gasteiger partial charge is 0.301 e. The summed E-state index contributed by atoms with van der Waals surface area (Å²) in [5.74, 6) is 2.63. The van der Waals surface area contributed by atoms with Crippen molar-refractivity contribution >= 4 is 45.9 Å². The Kier molecular flexibility index (Phi) is 8.35. The Labute approximate surface area is 205 Å². The van der Waals surface area contributed by atoms with Crippen molar-refractivity contribution in [2.45, 2.75) is 23.2 Å². The van der Waals surface area contributed by atoms with Crippen LogP contribution in [-0.2, 0) is 22.8 Å². The quantitative estimate of drug-likeness (QED) is 0.212. The number of carbonyl (C=O) groups is 1. The summed E-state index contributed by atoms with van der Waals surface area (Å²) in [7, 11) is 0. The molecule has 0 saturated carbocycles. The third kappa shape index (κ3) is 6.56. The fourth-order valence-electron chi connectivity index (χ4n) is 3.04. The predicted molar refractivity (Wildman–Crippen MR) is 139 cm³/mol. The van der Waals surface area contributed by atoms with Crippen LogP contribution in [0.5, 0.6) is 0 Å². The number of allylic oxidation sites excluding steroid dienone is 1. The summed E-state index contributed by atoms with van der Waals surface area (Å²) < 4.78 is 2.01. The van der Waals surface area contributed by atoms with E-state index in [1.165, 1.54) is 28.7 Å². The molecule has 0 unspecified atom stereocenters. The Balaban J connectivity index is 1.31. The van der Waals surface area contributed by atoms with E-state index in [9.17, 15) is 4.79 Å². The summed E-state index contributed by atoms with van der Waals surface area (Å²) in [6.07, 6.45) is 1.82. The third-order valence-corrected chi connectivity index (χ3v) is 7.32. The van der Waals surface area contributed by atoms with E-state index in [1.807, 2.05) is 64.6 Å². The van der Waals surface area contributed by atoms with Gasteiger partial charge in [-0.3, -0.25) is 4.79 Å². The molecule has 0 fully saturated rings. The van der Waals surface area contributed by atoms with Gasteiger partial charge in [0.15, 0.2) is 10.3 Å². The van der Waals surface area contributed by atoms with Gasteiger partial charge in [0.1, 0.15) is 5.82 Å². The molecular formula is C24H23N5OS3. The van der Waals surface area contributed by atoms with E-state index in [0.717, 1.165) is 28.6 Å². The third-order valence-electron chi connectivity index (χ3n) is 4.60. The predicted octanol–water partition coefficient (Wildman–Crippen LogP) is 5.75. The molecule has 1 N–H and O–H groups in total. The average Bonchev–Trinajstić information content (AvgIpc) is 3.47. The van der Waals surface area contributed by atoms with Gasteiger partial charge in [-0.15, -0.1) is 39.9 Å². The summed E-state index contributed by atoms with van der Waals surface area (Å²) in [4.78, 5) is 17.0. The van der Waals surface area contributed by atoms with Gasteiger partial charge in [0.05, 0.1) is 17.2 Å². The Morgan fingerprint density at radius 1 is 1.06 bits per heavy atom. The molecule has 2 aromatic heterocycles. The second kappa shape index (κ2) is 11.8. The molecule has 0 atom stereocenters. The van der Waals surface area contributed by atoms with Gasteiger partial charge < -0.3 is 9.88 Å². The lowest BCUT2D eigenvalue weighted by Gasteiger charge is -2.07. The van der Waals surface area contributed by atoms with Crippen molar-refractivity contribution in [3.63, 3.8) is 0 Å². The lowest BCUT2D eigenvalue weighted by Crippen LogP contribution is -2.14. The number of benzene rings is 2. The molecule has 9 heteroatoms. The summed E-state index contributed by atoms with van der Waals surface area (Å²) in [5.41, 5.74) is 3.16. The first-order valence-corrected chi connectivity index (χ1v) is 13.3. The minimum atomic E-state index is -0.123. The number of nitrogens with one attached hydrogen (secondary N) is 1. The smallest absolute Gasteiger partial charge is 0.236 e. The first-order chi connectivity index (χ1) is 16.2. The molecular weight excluding hydrogens is 470 g/mol. The van der Waals surface area contributed by atoms with Crippen molar-refractivity contribution < 1.29 is 4.79 Å². The average molecular weight is 494 g/mol. The minimum Gasteiger partial charge on any atom is -0.301 e. The standard InChI is InChI=1S/C24H23N5OS3/c1-2-13-29-21(16-31-14-18-9-5-3-6-10-18)27-28-24(29)33-17-22(30)26-23-25-20(15-32-23)19-11-7-4-8-12-19/h2-12,15H,1,13-14,16-17H2,(H,25,26,30). The van der Waals surface area contributed by atoms with Crippen molar-refractivity contribution in [2.75, 3.05) is 11.1 Å². The van der Waals surface area contributed by atoms with Crippen molar-refractivity contribution in [1.82, 2.24) is 19.7 Å². The van der Waals surface area contributed by atoms with Crippen molar-refractivity contribution in [1.29, 1.82) is 0 Å². The van der Waals surface area contributed by atoms with Crippen LogP contribution in [0.25, 0.3) is 11.3 Å². The van der Waals surface area contributed by atoms with Gasteiger partial charge in [-0.1, -0.05) is 78.5 Å². The molecule has 1 amide bonds. The topological polar surface area (TPSA) is 72.7 Å². The Morgan fingerprint density at radius 2 is 1.82 bits per heavy atom. The highest BCUT2D eigenvalue weighted by Gasteiger charge is 2.15. The number of rotatable bonds is 11. The number of thiazole rings is 1. The van der Waals surface area contributed by atoms with Gasteiger partial charge >= 0.3 is 0 Å².